The summed E-state index contributed by atoms with van der Waals surface area (Å²) in [5.74, 6) is 1.07. The summed E-state index contributed by atoms with van der Waals surface area (Å²) in [5, 5.41) is 12.4. The molecule has 2 atom stereocenters. The average molecular weight is 395 g/mol. The van der Waals surface area contributed by atoms with Gasteiger partial charge in [-0.25, -0.2) is 4.68 Å². The molecule has 1 aromatic carbocycles. The molecule has 0 unspecified atom stereocenters. The Kier molecular flexibility index (Phi) is 5.79. The van der Waals surface area contributed by atoms with Crippen molar-refractivity contribution in [3.05, 3.63) is 41.2 Å². The Morgan fingerprint density at radius 2 is 2.00 bits per heavy atom. The Morgan fingerprint density at radius 3 is 2.64 bits per heavy atom. The monoisotopic (exact) mass is 395 g/mol. The highest BCUT2D eigenvalue weighted by atomic mass is 19.4. The third kappa shape index (κ3) is 4.21. The van der Waals surface area contributed by atoms with Gasteiger partial charge in [-0.2, -0.15) is 13.2 Å². The maximum atomic E-state index is 13.3. The second kappa shape index (κ2) is 7.81. The molecule has 0 spiro atoms. The molecule has 1 aromatic heterocycles. The lowest BCUT2D eigenvalue weighted by atomic mass is 9.94. The van der Waals surface area contributed by atoms with Gasteiger partial charge in [-0.15, -0.1) is 5.10 Å². The summed E-state index contributed by atoms with van der Waals surface area (Å²) in [6.45, 7) is 9.91. The van der Waals surface area contributed by atoms with Gasteiger partial charge in [-0.1, -0.05) is 26.0 Å². The fourth-order valence-electron chi connectivity index (χ4n) is 3.81. The minimum atomic E-state index is -4.38. The van der Waals surface area contributed by atoms with Crippen LogP contribution in [0.15, 0.2) is 24.3 Å². The number of likely N-dealkylation sites (tertiary alicyclic amines) is 1. The van der Waals surface area contributed by atoms with E-state index in [1.54, 1.807) is 10.7 Å². The predicted octanol–water partition coefficient (Wildman–Crippen LogP) is 4.66. The molecule has 2 heterocycles. The first-order valence-corrected chi connectivity index (χ1v) is 9.83. The SMILES string of the molecule is CCC(C)(C)n1nnnc1[C@@H](c1cccc(C(F)(F)F)c1)N1CCC[C@@H](C)C1. The van der Waals surface area contributed by atoms with Crippen LogP contribution in [0.2, 0.25) is 0 Å². The average Bonchev–Trinajstić information content (AvgIpc) is 3.12. The van der Waals surface area contributed by atoms with Crippen molar-refractivity contribution in [2.24, 2.45) is 5.92 Å². The van der Waals surface area contributed by atoms with Crippen molar-refractivity contribution in [1.29, 1.82) is 0 Å². The second-order valence-electron chi connectivity index (χ2n) is 8.38. The molecule has 3 rings (SSSR count). The lowest BCUT2D eigenvalue weighted by Gasteiger charge is -2.38. The number of benzene rings is 1. The number of rotatable bonds is 5. The van der Waals surface area contributed by atoms with Crippen molar-refractivity contribution < 1.29 is 13.2 Å². The molecule has 28 heavy (non-hydrogen) atoms. The highest BCUT2D eigenvalue weighted by molar-refractivity contribution is 5.31. The molecule has 1 saturated heterocycles. The van der Waals surface area contributed by atoms with Gasteiger partial charge in [0, 0.05) is 6.54 Å². The summed E-state index contributed by atoms with van der Waals surface area (Å²) in [5.41, 5.74) is -0.402. The number of halogens is 3. The van der Waals surface area contributed by atoms with Gasteiger partial charge in [0.15, 0.2) is 5.82 Å². The van der Waals surface area contributed by atoms with E-state index in [4.69, 9.17) is 0 Å². The zero-order valence-corrected chi connectivity index (χ0v) is 16.9. The van der Waals surface area contributed by atoms with Crippen LogP contribution in [0, 0.1) is 5.92 Å². The summed E-state index contributed by atoms with van der Waals surface area (Å²) in [6.07, 6.45) is -1.45. The maximum absolute atomic E-state index is 13.3. The van der Waals surface area contributed by atoms with Gasteiger partial charge in [0.1, 0.15) is 0 Å². The van der Waals surface area contributed by atoms with Crippen molar-refractivity contribution in [2.75, 3.05) is 13.1 Å². The first-order chi connectivity index (χ1) is 13.1. The number of aromatic nitrogens is 4. The third-order valence-corrected chi connectivity index (χ3v) is 5.76. The van der Waals surface area contributed by atoms with Crippen molar-refractivity contribution in [2.45, 2.75) is 64.7 Å². The molecule has 5 nitrogen and oxygen atoms in total. The van der Waals surface area contributed by atoms with E-state index >= 15 is 0 Å². The lowest BCUT2D eigenvalue weighted by molar-refractivity contribution is -0.137. The summed E-state index contributed by atoms with van der Waals surface area (Å²) >= 11 is 0. The summed E-state index contributed by atoms with van der Waals surface area (Å²) < 4.78 is 41.8. The first-order valence-electron chi connectivity index (χ1n) is 9.83. The molecule has 1 aliphatic heterocycles. The second-order valence-corrected chi connectivity index (χ2v) is 8.38. The smallest absolute Gasteiger partial charge is 0.289 e. The van der Waals surface area contributed by atoms with Crippen molar-refractivity contribution in [1.82, 2.24) is 25.1 Å². The summed E-state index contributed by atoms with van der Waals surface area (Å²) in [6, 6.07) is 5.15. The van der Waals surface area contributed by atoms with Gasteiger partial charge in [-0.3, -0.25) is 4.90 Å². The molecule has 0 saturated carbocycles. The van der Waals surface area contributed by atoms with Gasteiger partial charge >= 0.3 is 6.18 Å². The molecule has 0 amide bonds. The first kappa shape index (κ1) is 20.8. The fraction of sp³-hybridized carbons (Fsp3) is 0.650. The zero-order valence-electron chi connectivity index (χ0n) is 16.9. The molecule has 154 valence electrons. The minimum absolute atomic E-state index is 0.333. The summed E-state index contributed by atoms with van der Waals surface area (Å²) in [4.78, 5) is 2.22. The van der Waals surface area contributed by atoms with E-state index < -0.39 is 17.8 Å². The standard InChI is InChI=1S/C20H28F3N5/c1-5-19(3,4)28-18(24-25-26-28)17(27-11-7-8-14(2)13-27)15-9-6-10-16(12-15)20(21,22)23/h6,9-10,12,14,17H,5,7-8,11,13H2,1-4H3/t14-,17-/m1/s1. The summed E-state index contributed by atoms with van der Waals surface area (Å²) in [7, 11) is 0. The third-order valence-electron chi connectivity index (χ3n) is 5.76. The number of tetrazole rings is 1. The van der Waals surface area contributed by atoms with Crippen LogP contribution in [0.4, 0.5) is 13.2 Å². The molecular formula is C20H28F3N5. The number of nitrogens with zero attached hydrogens (tertiary/aromatic N) is 5. The van der Waals surface area contributed by atoms with Gasteiger partial charge in [0.25, 0.3) is 0 Å². The molecule has 0 N–H and O–H groups in total. The molecular weight excluding hydrogens is 367 g/mol. The van der Waals surface area contributed by atoms with Gasteiger partial charge in [0.2, 0.25) is 0 Å². The topological polar surface area (TPSA) is 46.8 Å². The van der Waals surface area contributed by atoms with Crippen molar-refractivity contribution >= 4 is 0 Å². The molecule has 1 aliphatic rings. The lowest BCUT2D eigenvalue weighted by Crippen LogP contribution is -2.41. The highest BCUT2D eigenvalue weighted by Crippen LogP contribution is 2.36. The molecule has 0 radical (unpaired) electrons. The molecule has 2 aromatic rings. The van der Waals surface area contributed by atoms with Crippen molar-refractivity contribution in [3.8, 4) is 0 Å². The number of piperidine rings is 1. The molecule has 1 fully saturated rings. The van der Waals surface area contributed by atoms with Crippen molar-refractivity contribution in [3.63, 3.8) is 0 Å². The van der Waals surface area contributed by atoms with E-state index in [0.717, 1.165) is 38.4 Å². The van der Waals surface area contributed by atoms with Gasteiger partial charge in [0.05, 0.1) is 17.1 Å². The van der Waals surface area contributed by atoms with Crippen LogP contribution in [0.5, 0.6) is 0 Å². The number of hydrogen-bond acceptors (Lipinski definition) is 4. The van der Waals surface area contributed by atoms with E-state index in [-0.39, 0.29) is 5.54 Å². The van der Waals surface area contributed by atoms with Crippen LogP contribution in [-0.2, 0) is 11.7 Å². The van der Waals surface area contributed by atoms with Gasteiger partial charge in [-0.05, 0) is 73.7 Å². The van der Waals surface area contributed by atoms with E-state index in [2.05, 4.69) is 27.3 Å². The molecule has 0 aliphatic carbocycles. The Labute approximate surface area is 163 Å². The number of hydrogen-bond donors (Lipinski definition) is 0. The van der Waals surface area contributed by atoms with E-state index in [0.29, 0.717) is 17.3 Å². The zero-order chi connectivity index (χ0) is 20.5. The van der Waals surface area contributed by atoms with Crippen LogP contribution in [0.3, 0.4) is 0 Å². The maximum Gasteiger partial charge on any atom is 0.416 e. The predicted molar refractivity (Wildman–Crippen MR) is 101 cm³/mol. The van der Waals surface area contributed by atoms with Crippen LogP contribution >= 0.6 is 0 Å². The normalized spacial score (nSPS) is 20.3. The van der Waals surface area contributed by atoms with E-state index in [1.165, 1.54) is 12.1 Å². The Morgan fingerprint density at radius 1 is 1.25 bits per heavy atom. The molecule has 0 bridgehead atoms. The Balaban J connectivity index is 2.11. The van der Waals surface area contributed by atoms with E-state index in [9.17, 15) is 13.2 Å². The quantitative estimate of drug-likeness (QED) is 0.739. The van der Waals surface area contributed by atoms with Crippen LogP contribution < -0.4 is 0 Å². The van der Waals surface area contributed by atoms with Gasteiger partial charge < -0.3 is 0 Å². The van der Waals surface area contributed by atoms with Crippen LogP contribution in [0.1, 0.15) is 70.0 Å². The molecule has 8 heteroatoms. The van der Waals surface area contributed by atoms with Crippen LogP contribution in [-0.4, -0.2) is 38.2 Å². The highest BCUT2D eigenvalue weighted by Gasteiger charge is 2.36. The Hall–Kier alpha value is -1.96. The fourth-order valence-corrected chi connectivity index (χ4v) is 3.81. The van der Waals surface area contributed by atoms with E-state index in [1.807, 2.05) is 20.8 Å². The number of alkyl halides is 3. The van der Waals surface area contributed by atoms with Crippen LogP contribution in [0.25, 0.3) is 0 Å². The minimum Gasteiger partial charge on any atom is -0.289 e. The Bertz CT molecular complexity index is 799. The largest absolute Gasteiger partial charge is 0.416 e.